The van der Waals surface area contributed by atoms with Gasteiger partial charge in [-0.05, 0) is 12.1 Å². The van der Waals surface area contributed by atoms with Gasteiger partial charge in [0.05, 0.1) is 0 Å². The molecule has 1 amide bonds. The molecule has 0 saturated carbocycles. The number of halogens is 4. The highest BCUT2D eigenvalue weighted by Gasteiger charge is 2.32. The van der Waals surface area contributed by atoms with E-state index < -0.39 is 40.8 Å². The van der Waals surface area contributed by atoms with Crippen LogP contribution in [0.15, 0.2) is 41.5 Å². The first kappa shape index (κ1) is 20.3. The maximum absolute atomic E-state index is 14.0. The Bertz CT molecular complexity index is 940. The largest absolute Gasteiger partial charge is 0.490 e. The van der Waals surface area contributed by atoms with Crippen molar-refractivity contribution in [2.24, 2.45) is 5.10 Å². The Hall–Kier alpha value is -3.43. The number of carbonyl (C=O) groups excluding carboxylic acids is 2. The maximum Gasteiger partial charge on any atom is 0.354 e. The third-order valence-electron chi connectivity index (χ3n) is 3.90. The number of nitrogens with zero attached hydrogens (tertiary/aromatic N) is 2. The number of hydrazone groups is 1. The molecule has 0 spiro atoms. The molecule has 6 nitrogen and oxygen atoms in total. The molecule has 1 heterocycles. The molecule has 1 aliphatic rings. The van der Waals surface area contributed by atoms with E-state index >= 15 is 0 Å². The van der Waals surface area contributed by atoms with E-state index in [4.69, 9.17) is 9.47 Å². The van der Waals surface area contributed by atoms with Crippen LogP contribution in [-0.2, 0) is 14.3 Å². The fourth-order valence-corrected chi connectivity index (χ4v) is 2.52. The first-order valence-corrected chi connectivity index (χ1v) is 8.47. The Morgan fingerprint density at radius 2 is 1.66 bits per heavy atom. The van der Waals surface area contributed by atoms with Gasteiger partial charge in [-0.1, -0.05) is 18.2 Å². The Morgan fingerprint density at radius 1 is 1.00 bits per heavy atom. The number of ether oxygens (including phenoxy) is 2. The first-order chi connectivity index (χ1) is 13.9. The van der Waals surface area contributed by atoms with Crippen molar-refractivity contribution < 1.29 is 36.6 Å². The average molecular weight is 410 g/mol. The van der Waals surface area contributed by atoms with Gasteiger partial charge < -0.3 is 9.47 Å². The minimum atomic E-state index is -1.80. The molecule has 0 radical (unpaired) electrons. The molecule has 152 valence electrons. The Kier molecular flexibility index (Phi) is 6.10. The van der Waals surface area contributed by atoms with Crippen molar-refractivity contribution in [1.82, 2.24) is 0 Å². The van der Waals surface area contributed by atoms with Crippen molar-refractivity contribution in [3.8, 4) is 5.75 Å². The number of anilines is 1. The summed E-state index contributed by atoms with van der Waals surface area (Å²) in [6.45, 7) is -0.123. The van der Waals surface area contributed by atoms with Crippen LogP contribution in [0.3, 0.4) is 0 Å². The van der Waals surface area contributed by atoms with Gasteiger partial charge in [-0.15, -0.1) is 0 Å². The summed E-state index contributed by atoms with van der Waals surface area (Å²) < 4.78 is 65.1. The van der Waals surface area contributed by atoms with Gasteiger partial charge in [-0.2, -0.15) is 10.1 Å². The number of rotatable bonds is 6. The molecule has 10 heteroatoms. The van der Waals surface area contributed by atoms with E-state index in [-0.39, 0.29) is 42.8 Å². The summed E-state index contributed by atoms with van der Waals surface area (Å²) in [5.41, 5.74) is -1.65. The summed E-state index contributed by atoms with van der Waals surface area (Å²) >= 11 is 0. The number of hydrogen-bond acceptors (Lipinski definition) is 5. The summed E-state index contributed by atoms with van der Waals surface area (Å²) in [6.07, 6.45) is -0.514. The van der Waals surface area contributed by atoms with Crippen LogP contribution >= 0.6 is 0 Å². The van der Waals surface area contributed by atoms with Gasteiger partial charge in [0.2, 0.25) is 5.91 Å². The van der Waals surface area contributed by atoms with Crippen molar-refractivity contribution in [3.63, 3.8) is 0 Å². The average Bonchev–Trinajstić information content (AvgIpc) is 2.72. The molecule has 29 heavy (non-hydrogen) atoms. The van der Waals surface area contributed by atoms with Crippen LogP contribution in [-0.4, -0.2) is 30.8 Å². The molecule has 0 atom stereocenters. The van der Waals surface area contributed by atoms with Crippen LogP contribution in [0.1, 0.15) is 12.8 Å². The van der Waals surface area contributed by atoms with E-state index in [0.29, 0.717) is 5.75 Å². The molecule has 0 aromatic heterocycles. The van der Waals surface area contributed by atoms with Crippen molar-refractivity contribution in [2.75, 3.05) is 18.2 Å². The number of para-hydroxylation sites is 1. The minimum Gasteiger partial charge on any atom is -0.490 e. The third-order valence-corrected chi connectivity index (χ3v) is 3.90. The number of hydrogen-bond donors (Lipinski definition) is 0. The Morgan fingerprint density at radius 3 is 2.31 bits per heavy atom. The second-order valence-electron chi connectivity index (χ2n) is 5.87. The minimum absolute atomic E-state index is 0.00815. The molecule has 0 unspecified atom stereocenters. The highest BCUT2D eigenvalue weighted by Crippen LogP contribution is 2.30. The number of benzene rings is 2. The van der Waals surface area contributed by atoms with Crippen molar-refractivity contribution in [1.29, 1.82) is 0 Å². The quantitative estimate of drug-likeness (QED) is 0.317. The zero-order valence-electron chi connectivity index (χ0n) is 14.8. The number of esters is 1. The maximum atomic E-state index is 14.0. The summed E-state index contributed by atoms with van der Waals surface area (Å²) in [4.78, 5) is 24.1. The summed E-state index contributed by atoms with van der Waals surface area (Å²) in [6, 6.07) is 8.75. The second-order valence-corrected chi connectivity index (χ2v) is 5.87. The summed E-state index contributed by atoms with van der Waals surface area (Å²) in [5, 5.41) is 3.68. The Labute approximate surface area is 162 Å². The van der Waals surface area contributed by atoms with E-state index in [1.807, 2.05) is 0 Å². The van der Waals surface area contributed by atoms with Crippen LogP contribution in [0.4, 0.5) is 23.2 Å². The van der Waals surface area contributed by atoms with Gasteiger partial charge >= 0.3 is 5.97 Å². The van der Waals surface area contributed by atoms with Gasteiger partial charge in [0.15, 0.2) is 23.3 Å². The molecule has 0 fully saturated rings. The van der Waals surface area contributed by atoms with Gasteiger partial charge in [0.25, 0.3) is 0 Å². The van der Waals surface area contributed by atoms with Crippen LogP contribution in [0.5, 0.6) is 5.75 Å². The molecule has 2 aromatic rings. The van der Waals surface area contributed by atoms with Crippen molar-refractivity contribution in [2.45, 2.75) is 12.8 Å². The molecule has 3 rings (SSSR count). The van der Waals surface area contributed by atoms with Crippen LogP contribution in [0, 0.1) is 23.3 Å². The predicted molar refractivity (Wildman–Crippen MR) is 93.3 cm³/mol. The fraction of sp³-hybridized carbons (Fsp3) is 0.211. The lowest BCUT2D eigenvalue weighted by Crippen LogP contribution is -2.36. The molecular formula is C19H14F4N2O4. The normalized spacial score (nSPS) is 13.9. The molecular weight excluding hydrogens is 396 g/mol. The molecule has 1 aliphatic heterocycles. The molecule has 0 aliphatic carbocycles. The topological polar surface area (TPSA) is 68.2 Å². The third kappa shape index (κ3) is 4.53. The first-order valence-electron chi connectivity index (χ1n) is 8.47. The fourth-order valence-electron chi connectivity index (χ4n) is 2.52. The van der Waals surface area contributed by atoms with E-state index in [9.17, 15) is 27.2 Å². The highest BCUT2D eigenvalue weighted by atomic mass is 19.2. The van der Waals surface area contributed by atoms with Crippen molar-refractivity contribution >= 4 is 23.3 Å². The molecule has 0 saturated heterocycles. The SMILES string of the molecule is O=C(OCCOc1ccccc1)C1=NN(c2c(F)c(F)cc(F)c2F)C(=O)CC1. The number of carbonyl (C=O) groups is 2. The zero-order chi connectivity index (χ0) is 21.0. The van der Waals surface area contributed by atoms with Gasteiger partial charge in [0.1, 0.15) is 30.4 Å². The van der Waals surface area contributed by atoms with E-state index in [0.717, 1.165) is 0 Å². The standard InChI is InChI=1S/C19H14F4N2O4/c20-12-10-13(21)17(23)18(16(12)22)25-15(26)7-6-14(24-25)19(27)29-9-8-28-11-4-2-1-3-5-11/h1-5,10H,6-9H2. The lowest BCUT2D eigenvalue weighted by atomic mass is 10.1. The van der Waals surface area contributed by atoms with Crippen LogP contribution < -0.4 is 9.75 Å². The summed E-state index contributed by atoms with van der Waals surface area (Å²) in [7, 11) is 0. The van der Waals surface area contributed by atoms with Gasteiger partial charge in [-0.3, -0.25) is 4.79 Å². The lowest BCUT2D eigenvalue weighted by Gasteiger charge is -2.23. The lowest BCUT2D eigenvalue weighted by molar-refractivity contribution is -0.136. The Balaban J connectivity index is 1.70. The smallest absolute Gasteiger partial charge is 0.354 e. The van der Waals surface area contributed by atoms with Gasteiger partial charge in [0, 0.05) is 18.9 Å². The molecule has 0 N–H and O–H groups in total. The van der Waals surface area contributed by atoms with Crippen LogP contribution in [0.2, 0.25) is 0 Å². The highest BCUT2D eigenvalue weighted by molar-refractivity contribution is 6.38. The molecule has 2 aromatic carbocycles. The van der Waals surface area contributed by atoms with E-state index in [1.54, 1.807) is 30.3 Å². The van der Waals surface area contributed by atoms with Gasteiger partial charge in [-0.25, -0.2) is 22.4 Å². The second kappa shape index (κ2) is 8.72. The van der Waals surface area contributed by atoms with E-state index in [2.05, 4.69) is 5.10 Å². The monoisotopic (exact) mass is 410 g/mol. The van der Waals surface area contributed by atoms with Crippen LogP contribution in [0.25, 0.3) is 0 Å². The summed E-state index contributed by atoms with van der Waals surface area (Å²) in [5.74, 6) is -8.31. The zero-order valence-corrected chi connectivity index (χ0v) is 14.8. The number of amides is 1. The van der Waals surface area contributed by atoms with Crippen molar-refractivity contribution in [3.05, 3.63) is 59.7 Å². The molecule has 0 bridgehead atoms. The predicted octanol–water partition coefficient (Wildman–Crippen LogP) is 3.35. The van der Waals surface area contributed by atoms with E-state index in [1.165, 1.54) is 0 Å².